The molecule has 0 aliphatic carbocycles. The van der Waals surface area contributed by atoms with E-state index in [-0.39, 0.29) is 6.03 Å². The minimum absolute atomic E-state index is 0.0799. The second-order valence-corrected chi connectivity index (χ2v) is 10.7. The van der Waals surface area contributed by atoms with Gasteiger partial charge in [0.2, 0.25) is 0 Å². The van der Waals surface area contributed by atoms with E-state index in [1.165, 1.54) is 18.4 Å². The number of nitrogens with one attached hydrogen (secondary N) is 1. The van der Waals surface area contributed by atoms with Crippen molar-refractivity contribution in [2.24, 2.45) is 0 Å². The predicted molar refractivity (Wildman–Crippen MR) is 135 cm³/mol. The van der Waals surface area contributed by atoms with Crippen molar-refractivity contribution in [2.45, 2.75) is 55.9 Å². The van der Waals surface area contributed by atoms with Crippen LogP contribution in [0.1, 0.15) is 42.4 Å². The molecule has 1 N–H and O–H groups in total. The molecule has 2 unspecified atom stereocenters. The van der Waals surface area contributed by atoms with Gasteiger partial charge in [-0.2, -0.15) is 0 Å². The summed E-state index contributed by atoms with van der Waals surface area (Å²) in [6, 6.07) is 33.5. The van der Waals surface area contributed by atoms with E-state index in [1.54, 1.807) is 0 Å². The maximum atomic E-state index is 13.5. The Morgan fingerprint density at radius 2 is 1.32 bits per heavy atom. The largest absolute Gasteiger partial charge is 0.323 e. The second-order valence-electron chi connectivity index (χ2n) is 10.7. The van der Waals surface area contributed by atoms with Crippen LogP contribution in [-0.4, -0.2) is 47.1 Å². The van der Waals surface area contributed by atoms with Gasteiger partial charge in [0.05, 0.1) is 25.7 Å². The summed E-state index contributed by atoms with van der Waals surface area (Å²) >= 11 is 0. The normalized spacial score (nSPS) is 29.7. The zero-order valence-electron chi connectivity index (χ0n) is 19.9. The minimum atomic E-state index is -0.502. The van der Waals surface area contributed by atoms with E-state index in [0.717, 1.165) is 35.0 Å². The van der Waals surface area contributed by atoms with Gasteiger partial charge in [-0.15, -0.1) is 0 Å². The maximum absolute atomic E-state index is 13.5. The van der Waals surface area contributed by atoms with Crippen LogP contribution in [0, 0.1) is 0 Å². The highest BCUT2D eigenvalue weighted by Gasteiger charge is 2.55. The van der Waals surface area contributed by atoms with Crippen LogP contribution in [-0.2, 0) is 12.1 Å². The lowest BCUT2D eigenvalue weighted by Crippen LogP contribution is -2.60. The Balaban J connectivity index is 1.28. The zero-order valence-corrected chi connectivity index (χ0v) is 19.9. The molecule has 3 saturated heterocycles. The van der Waals surface area contributed by atoms with Crippen molar-refractivity contribution in [1.29, 1.82) is 0 Å². The predicted octanol–water partition coefficient (Wildman–Crippen LogP) is 5.30. The summed E-state index contributed by atoms with van der Waals surface area (Å²) in [5.41, 5.74) is 3.23. The minimum Gasteiger partial charge on any atom is -0.323 e. The third-order valence-corrected chi connectivity index (χ3v) is 8.92. The molecule has 0 aromatic heterocycles. The SMILES string of the molecule is C[N+]1(Cc2ccccc2)[C@@H]2CC[C@H]1CC(N1CC(c3ccccc3)(c3ccccc3)NC1=O)C2. The molecule has 6 rings (SSSR count). The van der Waals surface area contributed by atoms with Gasteiger partial charge in [0.25, 0.3) is 0 Å². The molecule has 3 heterocycles. The van der Waals surface area contributed by atoms with E-state index in [2.05, 4.69) is 96.1 Å². The summed E-state index contributed by atoms with van der Waals surface area (Å²) in [4.78, 5) is 15.7. The van der Waals surface area contributed by atoms with Gasteiger partial charge in [-0.1, -0.05) is 91.0 Å². The van der Waals surface area contributed by atoms with Crippen molar-refractivity contribution >= 4 is 6.03 Å². The fraction of sp³-hybridized carbons (Fsp3) is 0.367. The highest BCUT2D eigenvalue weighted by Crippen LogP contribution is 2.46. The van der Waals surface area contributed by atoms with Gasteiger partial charge in [-0.25, -0.2) is 4.79 Å². The third-order valence-electron chi connectivity index (χ3n) is 8.92. The van der Waals surface area contributed by atoms with E-state index in [4.69, 9.17) is 0 Å². The number of amides is 2. The average molecular weight is 453 g/mol. The van der Waals surface area contributed by atoms with Crippen LogP contribution in [0.3, 0.4) is 0 Å². The highest BCUT2D eigenvalue weighted by molar-refractivity contribution is 5.80. The molecule has 3 aliphatic heterocycles. The van der Waals surface area contributed by atoms with Gasteiger partial charge in [0, 0.05) is 37.3 Å². The maximum Gasteiger partial charge on any atom is 0.318 e. The molecule has 3 aromatic carbocycles. The molecule has 34 heavy (non-hydrogen) atoms. The van der Waals surface area contributed by atoms with Crippen LogP contribution in [0.5, 0.6) is 0 Å². The molecule has 3 fully saturated rings. The molecule has 0 saturated carbocycles. The number of hydrogen-bond donors (Lipinski definition) is 1. The fourth-order valence-electron chi connectivity index (χ4n) is 7.06. The average Bonchev–Trinajstić information content (AvgIpc) is 3.26. The van der Waals surface area contributed by atoms with Crippen LogP contribution in [0.25, 0.3) is 0 Å². The summed E-state index contributed by atoms with van der Waals surface area (Å²) in [5, 5.41) is 3.44. The summed E-state index contributed by atoms with van der Waals surface area (Å²) in [7, 11) is 2.45. The van der Waals surface area contributed by atoms with Crippen molar-refractivity contribution in [3.8, 4) is 0 Å². The number of hydrogen-bond acceptors (Lipinski definition) is 1. The first-order valence-corrected chi connectivity index (χ1v) is 12.7. The van der Waals surface area contributed by atoms with Gasteiger partial charge < -0.3 is 14.7 Å². The van der Waals surface area contributed by atoms with Crippen LogP contribution in [0.15, 0.2) is 91.0 Å². The van der Waals surface area contributed by atoms with Crippen molar-refractivity contribution < 1.29 is 9.28 Å². The summed E-state index contributed by atoms with van der Waals surface area (Å²) in [6.07, 6.45) is 4.71. The van der Waals surface area contributed by atoms with E-state index >= 15 is 0 Å². The third kappa shape index (κ3) is 3.43. The second kappa shape index (κ2) is 8.28. The topological polar surface area (TPSA) is 32.3 Å². The van der Waals surface area contributed by atoms with Crippen molar-refractivity contribution in [2.75, 3.05) is 13.6 Å². The Kier molecular flexibility index (Phi) is 5.22. The van der Waals surface area contributed by atoms with E-state index < -0.39 is 5.54 Å². The van der Waals surface area contributed by atoms with Gasteiger partial charge in [-0.3, -0.25) is 0 Å². The smallest absolute Gasteiger partial charge is 0.318 e. The first-order chi connectivity index (χ1) is 16.6. The Hall–Kier alpha value is -3.11. The molecular weight excluding hydrogens is 418 g/mol. The number of fused-ring (bicyclic) bond motifs is 2. The summed E-state index contributed by atoms with van der Waals surface area (Å²) in [5.74, 6) is 0. The number of urea groups is 1. The number of piperidine rings is 1. The van der Waals surface area contributed by atoms with E-state index in [9.17, 15) is 4.79 Å². The zero-order chi connectivity index (χ0) is 23.2. The molecule has 2 amide bonds. The standard InChI is InChI=1S/C30H33N3O/c1-33(21-23-11-5-2-6-12-23)27-17-18-28(33)20-26(19-27)32-22-30(31-29(32)34,24-13-7-3-8-14-24)25-15-9-4-10-16-25/h2-16,26-28H,17-22H2,1H3/p+1/t26?,27-,28+,33?. The van der Waals surface area contributed by atoms with E-state index in [1.807, 2.05) is 12.1 Å². The van der Waals surface area contributed by atoms with Crippen molar-refractivity contribution in [1.82, 2.24) is 10.2 Å². The first kappa shape index (κ1) is 21.4. The Morgan fingerprint density at radius 3 is 1.85 bits per heavy atom. The molecule has 0 radical (unpaired) electrons. The molecule has 2 bridgehead atoms. The van der Waals surface area contributed by atoms with Gasteiger partial charge in [0.15, 0.2) is 0 Å². The molecule has 3 aromatic rings. The lowest BCUT2D eigenvalue weighted by molar-refractivity contribution is -0.961. The van der Waals surface area contributed by atoms with Crippen LogP contribution in [0.4, 0.5) is 4.79 Å². The fourth-order valence-corrected chi connectivity index (χ4v) is 7.06. The van der Waals surface area contributed by atoms with Gasteiger partial charge in [-0.05, 0) is 11.1 Å². The number of quaternary nitrogens is 1. The molecule has 4 heteroatoms. The van der Waals surface area contributed by atoms with Crippen molar-refractivity contribution in [3.05, 3.63) is 108 Å². The number of carbonyl (C=O) groups excluding carboxylic acids is 1. The molecule has 174 valence electrons. The summed E-state index contributed by atoms with van der Waals surface area (Å²) < 4.78 is 1.12. The van der Waals surface area contributed by atoms with Crippen molar-refractivity contribution in [3.63, 3.8) is 0 Å². The molecule has 4 atom stereocenters. The molecular formula is C30H34N3O+. The van der Waals surface area contributed by atoms with Crippen LogP contribution >= 0.6 is 0 Å². The van der Waals surface area contributed by atoms with Gasteiger partial charge in [0.1, 0.15) is 12.1 Å². The summed E-state index contributed by atoms with van der Waals surface area (Å²) in [6.45, 7) is 1.78. The Labute approximate surface area is 202 Å². The molecule has 3 aliphatic rings. The first-order valence-electron chi connectivity index (χ1n) is 12.7. The lowest BCUT2D eigenvalue weighted by Gasteiger charge is -2.48. The Morgan fingerprint density at radius 1 is 0.824 bits per heavy atom. The quantitative estimate of drug-likeness (QED) is 0.524. The number of rotatable bonds is 5. The van der Waals surface area contributed by atoms with Crippen LogP contribution < -0.4 is 5.32 Å². The van der Waals surface area contributed by atoms with Crippen LogP contribution in [0.2, 0.25) is 0 Å². The van der Waals surface area contributed by atoms with E-state index in [0.29, 0.717) is 24.7 Å². The highest BCUT2D eigenvalue weighted by atomic mass is 16.2. The molecule has 4 nitrogen and oxygen atoms in total. The van der Waals surface area contributed by atoms with Gasteiger partial charge >= 0.3 is 6.03 Å². The Bertz CT molecular complexity index is 1090. The number of nitrogens with zero attached hydrogens (tertiary/aromatic N) is 2. The lowest BCUT2D eigenvalue weighted by atomic mass is 9.83. The number of carbonyl (C=O) groups is 1. The molecule has 0 spiro atoms. The monoisotopic (exact) mass is 452 g/mol. The number of benzene rings is 3.